The van der Waals surface area contributed by atoms with Crippen LogP contribution in [-0.2, 0) is 0 Å². The largest absolute Gasteiger partial charge is 0.384 e. The maximum atomic E-state index is 5.49. The molecule has 2 aromatic rings. The minimum absolute atomic E-state index is 0.545. The molecule has 0 bridgehead atoms. The Hall–Kier alpha value is -1.64. The van der Waals surface area contributed by atoms with E-state index in [1.165, 1.54) is 0 Å². The van der Waals surface area contributed by atoms with Crippen LogP contribution in [-0.4, -0.2) is 9.97 Å². The van der Waals surface area contributed by atoms with Crippen molar-refractivity contribution in [3.8, 4) is 0 Å². The summed E-state index contributed by atoms with van der Waals surface area (Å²) in [6.45, 7) is 0. The van der Waals surface area contributed by atoms with E-state index < -0.39 is 0 Å². The van der Waals surface area contributed by atoms with Crippen LogP contribution in [0.5, 0.6) is 0 Å². The fourth-order valence-electron chi connectivity index (χ4n) is 0.981. The third-order valence-corrected chi connectivity index (χ3v) is 1.51. The van der Waals surface area contributed by atoms with E-state index in [0.29, 0.717) is 5.82 Å². The molecule has 0 aliphatic rings. The zero-order valence-electron chi connectivity index (χ0n) is 5.86. The van der Waals surface area contributed by atoms with Gasteiger partial charge in [0.2, 0.25) is 0 Å². The zero-order valence-corrected chi connectivity index (χ0v) is 5.86. The molecule has 0 radical (unpaired) electrons. The number of hydrogen-bond acceptors (Lipinski definition) is 3. The molecule has 2 heterocycles. The smallest absolute Gasteiger partial charge is 0.124 e. The Morgan fingerprint density at radius 3 is 3.00 bits per heavy atom. The van der Waals surface area contributed by atoms with Gasteiger partial charge < -0.3 is 5.73 Å². The summed E-state index contributed by atoms with van der Waals surface area (Å²) in [5, 5.41) is 1.02. The third-order valence-electron chi connectivity index (χ3n) is 1.51. The maximum Gasteiger partial charge on any atom is 0.124 e. The molecule has 0 aromatic carbocycles. The fourth-order valence-corrected chi connectivity index (χ4v) is 0.981. The van der Waals surface area contributed by atoms with Crippen LogP contribution in [0, 0.1) is 0 Å². The second-order valence-electron chi connectivity index (χ2n) is 2.30. The number of rotatable bonds is 0. The second kappa shape index (κ2) is 2.20. The van der Waals surface area contributed by atoms with E-state index >= 15 is 0 Å². The summed E-state index contributed by atoms with van der Waals surface area (Å²) < 4.78 is 0. The van der Waals surface area contributed by atoms with Gasteiger partial charge in [-0.1, -0.05) is 0 Å². The summed E-state index contributed by atoms with van der Waals surface area (Å²) in [7, 11) is 0. The molecule has 11 heavy (non-hydrogen) atoms. The molecular formula is C8H7N3. The summed E-state index contributed by atoms with van der Waals surface area (Å²) in [5.41, 5.74) is 6.38. The molecule has 54 valence electrons. The van der Waals surface area contributed by atoms with Crippen LogP contribution in [0.15, 0.2) is 30.6 Å². The average molecular weight is 145 g/mol. The number of nitrogen functional groups attached to an aromatic ring is 1. The molecule has 0 aliphatic heterocycles. The van der Waals surface area contributed by atoms with Gasteiger partial charge in [0.25, 0.3) is 0 Å². The van der Waals surface area contributed by atoms with Crippen molar-refractivity contribution >= 4 is 16.7 Å². The van der Waals surface area contributed by atoms with Gasteiger partial charge in [0.1, 0.15) is 5.82 Å². The summed E-state index contributed by atoms with van der Waals surface area (Å²) in [6.07, 6.45) is 3.47. The molecule has 0 saturated heterocycles. The lowest BCUT2D eigenvalue weighted by Crippen LogP contribution is -1.89. The van der Waals surface area contributed by atoms with Gasteiger partial charge in [-0.05, 0) is 18.2 Å². The molecular weight excluding hydrogens is 138 g/mol. The minimum Gasteiger partial charge on any atom is -0.384 e. The van der Waals surface area contributed by atoms with E-state index in [4.69, 9.17) is 5.73 Å². The molecule has 0 spiro atoms. The van der Waals surface area contributed by atoms with E-state index in [1.807, 2.05) is 12.1 Å². The van der Waals surface area contributed by atoms with Crippen LogP contribution in [0.3, 0.4) is 0 Å². The van der Waals surface area contributed by atoms with E-state index in [1.54, 1.807) is 18.5 Å². The zero-order chi connectivity index (χ0) is 7.68. The van der Waals surface area contributed by atoms with E-state index in [9.17, 15) is 0 Å². The van der Waals surface area contributed by atoms with Crippen LogP contribution in [0.2, 0.25) is 0 Å². The minimum atomic E-state index is 0.545. The number of hydrogen-bond donors (Lipinski definition) is 1. The topological polar surface area (TPSA) is 51.8 Å². The molecule has 3 nitrogen and oxygen atoms in total. The van der Waals surface area contributed by atoms with Gasteiger partial charge in [0.15, 0.2) is 0 Å². The van der Waals surface area contributed by atoms with Crippen molar-refractivity contribution in [2.75, 3.05) is 5.73 Å². The number of aromatic nitrogens is 2. The number of fused-ring (bicyclic) bond motifs is 1. The molecule has 0 unspecified atom stereocenters. The summed E-state index contributed by atoms with van der Waals surface area (Å²) >= 11 is 0. The standard InChI is InChI=1S/C8H7N3/c9-8-2-1-6-5-10-4-3-7(6)11-8/h1-5H,(H2,9,11). The van der Waals surface area contributed by atoms with Crippen molar-refractivity contribution in [3.63, 3.8) is 0 Å². The molecule has 0 aliphatic carbocycles. The lowest BCUT2D eigenvalue weighted by molar-refractivity contribution is 1.33. The lowest BCUT2D eigenvalue weighted by Gasteiger charge is -1.95. The first-order valence-electron chi connectivity index (χ1n) is 3.32. The van der Waals surface area contributed by atoms with Crippen molar-refractivity contribution < 1.29 is 0 Å². The van der Waals surface area contributed by atoms with Gasteiger partial charge in [-0.3, -0.25) is 4.98 Å². The molecule has 0 amide bonds. The highest BCUT2D eigenvalue weighted by Gasteiger charge is 1.92. The van der Waals surface area contributed by atoms with Crippen molar-refractivity contribution in [1.29, 1.82) is 0 Å². The molecule has 0 atom stereocenters. The van der Waals surface area contributed by atoms with Crippen molar-refractivity contribution in [2.24, 2.45) is 0 Å². The van der Waals surface area contributed by atoms with Gasteiger partial charge in [0.05, 0.1) is 5.52 Å². The predicted octanol–water partition coefficient (Wildman–Crippen LogP) is 1.21. The van der Waals surface area contributed by atoms with Crippen molar-refractivity contribution in [1.82, 2.24) is 9.97 Å². The first kappa shape index (κ1) is 6.09. The SMILES string of the molecule is Nc1ccc2cnccc2n1. The number of nitrogens with two attached hydrogens (primary N) is 1. The highest BCUT2D eigenvalue weighted by molar-refractivity contribution is 5.78. The monoisotopic (exact) mass is 145 g/mol. The Balaban J connectivity index is 2.83. The van der Waals surface area contributed by atoms with E-state index in [0.717, 1.165) is 10.9 Å². The summed E-state index contributed by atoms with van der Waals surface area (Å²) in [5.74, 6) is 0.545. The fraction of sp³-hybridized carbons (Fsp3) is 0. The summed E-state index contributed by atoms with van der Waals surface area (Å²) in [4.78, 5) is 8.08. The highest BCUT2D eigenvalue weighted by atomic mass is 14.8. The highest BCUT2D eigenvalue weighted by Crippen LogP contribution is 2.10. The Bertz CT molecular complexity index is 384. The molecule has 2 rings (SSSR count). The molecule has 2 aromatic heterocycles. The number of pyridine rings is 2. The van der Waals surface area contributed by atoms with Gasteiger partial charge >= 0.3 is 0 Å². The molecule has 0 fully saturated rings. The first-order valence-corrected chi connectivity index (χ1v) is 3.32. The maximum absolute atomic E-state index is 5.49. The van der Waals surface area contributed by atoms with Crippen LogP contribution in [0.1, 0.15) is 0 Å². The van der Waals surface area contributed by atoms with Crippen LogP contribution in [0.4, 0.5) is 5.82 Å². The van der Waals surface area contributed by atoms with Crippen molar-refractivity contribution in [3.05, 3.63) is 30.6 Å². The van der Waals surface area contributed by atoms with Gasteiger partial charge in [-0.2, -0.15) is 0 Å². The summed E-state index contributed by atoms with van der Waals surface area (Å²) in [6, 6.07) is 5.51. The molecule has 0 saturated carbocycles. The Kier molecular flexibility index (Phi) is 1.22. The van der Waals surface area contributed by atoms with E-state index in [2.05, 4.69) is 9.97 Å². The lowest BCUT2D eigenvalue weighted by atomic mass is 10.3. The Morgan fingerprint density at radius 1 is 1.18 bits per heavy atom. The third kappa shape index (κ3) is 1.00. The first-order chi connectivity index (χ1) is 5.36. The normalized spacial score (nSPS) is 10.2. The van der Waals surface area contributed by atoms with Gasteiger partial charge in [-0.25, -0.2) is 4.98 Å². The Labute approximate surface area is 63.9 Å². The molecule has 2 N–H and O–H groups in total. The second-order valence-corrected chi connectivity index (χ2v) is 2.30. The van der Waals surface area contributed by atoms with Crippen molar-refractivity contribution in [2.45, 2.75) is 0 Å². The number of nitrogens with zero attached hydrogens (tertiary/aromatic N) is 2. The average Bonchev–Trinajstić information content (AvgIpc) is 2.04. The number of anilines is 1. The Morgan fingerprint density at radius 2 is 2.09 bits per heavy atom. The van der Waals surface area contributed by atoms with Crippen LogP contribution >= 0.6 is 0 Å². The van der Waals surface area contributed by atoms with Crippen LogP contribution < -0.4 is 5.73 Å². The quantitative estimate of drug-likeness (QED) is 0.606. The van der Waals surface area contributed by atoms with Gasteiger partial charge in [0, 0.05) is 17.8 Å². The van der Waals surface area contributed by atoms with Crippen LogP contribution in [0.25, 0.3) is 10.9 Å². The van der Waals surface area contributed by atoms with Gasteiger partial charge in [-0.15, -0.1) is 0 Å². The van der Waals surface area contributed by atoms with E-state index in [-0.39, 0.29) is 0 Å². The molecule has 3 heteroatoms. The predicted molar refractivity (Wildman–Crippen MR) is 44.0 cm³/mol.